The number of carboxylic acids is 1. The number of hydrogen-bond acceptors (Lipinski definition) is 12. The number of nitrogens with zero attached hydrogens (tertiary/aromatic N) is 7. The number of carbonyl (C=O) groups excluding carboxylic acids is 1. The molecule has 0 spiro atoms. The summed E-state index contributed by atoms with van der Waals surface area (Å²) in [6.07, 6.45) is 1.47. The Labute approximate surface area is 247 Å². The van der Waals surface area contributed by atoms with Crippen molar-refractivity contribution in [1.29, 1.82) is 0 Å². The van der Waals surface area contributed by atoms with Crippen LogP contribution in [0.3, 0.4) is 0 Å². The molecule has 1 atom stereocenters. The zero-order chi connectivity index (χ0) is 30.8. The highest BCUT2D eigenvalue weighted by atomic mass is 32.2. The molecule has 4 rings (SSSR count). The number of primary sulfonamides is 1. The Bertz CT molecular complexity index is 1750. The molecule has 0 saturated heterocycles. The molecular weight excluding hydrogens is 606 g/mol. The first-order valence-electron chi connectivity index (χ1n) is 12.4. The summed E-state index contributed by atoms with van der Waals surface area (Å²) in [7, 11) is -3.92. The van der Waals surface area contributed by atoms with Crippen LogP contribution < -0.4 is 19.9 Å². The monoisotopic (exact) mass is 631 g/mol. The van der Waals surface area contributed by atoms with Crippen LogP contribution in [0, 0.1) is 0 Å². The van der Waals surface area contributed by atoms with Crippen molar-refractivity contribution in [2.75, 3.05) is 19.8 Å². The number of azide groups is 1. The van der Waals surface area contributed by atoms with Crippen LogP contribution in [0.25, 0.3) is 20.7 Å². The average Bonchev–Trinajstić information content (AvgIpc) is 3.60. The summed E-state index contributed by atoms with van der Waals surface area (Å²) < 4.78 is 41.3. The fraction of sp³-hybridized carbons (Fsp3) is 0.292. The lowest BCUT2D eigenvalue weighted by Gasteiger charge is -2.15. The smallest absolute Gasteiger partial charge is 0.328 e. The van der Waals surface area contributed by atoms with Gasteiger partial charge in [0, 0.05) is 4.91 Å². The number of fused-ring (bicyclic) bond motifs is 1. The van der Waals surface area contributed by atoms with E-state index in [0.717, 1.165) is 11.3 Å². The molecule has 19 heteroatoms. The summed E-state index contributed by atoms with van der Waals surface area (Å²) in [5.74, 6) is -0.928. The second-order valence-electron chi connectivity index (χ2n) is 8.77. The minimum Gasteiger partial charge on any atom is -0.493 e. The van der Waals surface area contributed by atoms with Crippen LogP contribution in [0.4, 0.5) is 0 Å². The molecule has 0 radical (unpaired) electrons. The molecule has 2 aromatic heterocycles. The van der Waals surface area contributed by atoms with Gasteiger partial charge in [0.25, 0.3) is 10.0 Å². The van der Waals surface area contributed by atoms with Gasteiger partial charge in [0.05, 0.1) is 42.8 Å². The largest absolute Gasteiger partial charge is 0.493 e. The highest BCUT2D eigenvalue weighted by molar-refractivity contribution is 7.91. The second kappa shape index (κ2) is 14.4. The molecule has 0 aliphatic rings. The van der Waals surface area contributed by atoms with E-state index in [2.05, 4.69) is 30.6 Å². The van der Waals surface area contributed by atoms with Crippen molar-refractivity contribution >= 4 is 43.5 Å². The van der Waals surface area contributed by atoms with Crippen molar-refractivity contribution in [3.8, 4) is 11.5 Å². The van der Waals surface area contributed by atoms with E-state index in [4.69, 9.17) is 24.9 Å². The van der Waals surface area contributed by atoms with Crippen LogP contribution in [0.15, 0.2) is 58.1 Å². The van der Waals surface area contributed by atoms with Gasteiger partial charge < -0.3 is 24.6 Å². The number of hydrogen-bond donors (Lipinski definition) is 3. The fourth-order valence-corrected chi connectivity index (χ4v) is 5.25. The maximum absolute atomic E-state index is 12.5. The lowest BCUT2D eigenvalue weighted by atomic mass is 10.2. The quantitative estimate of drug-likeness (QED) is 0.0693. The van der Waals surface area contributed by atoms with Crippen molar-refractivity contribution in [2.45, 2.75) is 30.1 Å². The third-order valence-corrected chi connectivity index (χ3v) is 7.81. The van der Waals surface area contributed by atoms with Gasteiger partial charge >= 0.3 is 5.97 Å². The number of carboxylic acid groups (broad SMARTS) is 1. The van der Waals surface area contributed by atoms with Crippen LogP contribution in [-0.2, 0) is 44.1 Å². The van der Waals surface area contributed by atoms with Crippen molar-refractivity contribution in [3.05, 3.63) is 70.4 Å². The Hall–Kier alpha value is -4.81. The first-order valence-corrected chi connectivity index (χ1v) is 14.7. The average molecular weight is 632 g/mol. The molecule has 4 aromatic rings. The van der Waals surface area contributed by atoms with Crippen LogP contribution in [0.1, 0.15) is 11.3 Å². The lowest BCUT2D eigenvalue weighted by Crippen LogP contribution is -2.45. The van der Waals surface area contributed by atoms with Crippen LogP contribution in [-0.4, -0.2) is 71.2 Å². The van der Waals surface area contributed by atoms with Gasteiger partial charge in [0.1, 0.15) is 30.3 Å². The summed E-state index contributed by atoms with van der Waals surface area (Å²) >= 11 is 0.917. The predicted octanol–water partition coefficient (Wildman–Crippen LogP) is 1.59. The summed E-state index contributed by atoms with van der Waals surface area (Å²) in [5, 5.41) is 28.2. The minimum atomic E-state index is -3.92. The van der Waals surface area contributed by atoms with E-state index in [0.29, 0.717) is 33.0 Å². The summed E-state index contributed by atoms with van der Waals surface area (Å²) in [6.45, 7) is -0.128. The van der Waals surface area contributed by atoms with Gasteiger partial charge in [0.2, 0.25) is 10.2 Å². The van der Waals surface area contributed by atoms with Crippen molar-refractivity contribution in [3.63, 3.8) is 0 Å². The van der Waals surface area contributed by atoms with E-state index in [1.165, 1.54) is 10.9 Å². The van der Waals surface area contributed by atoms with E-state index in [9.17, 15) is 23.1 Å². The normalized spacial score (nSPS) is 11.9. The number of aliphatic carboxylic acids is 1. The third-order valence-electron chi connectivity index (χ3n) is 5.47. The Balaban J connectivity index is 1.24. The number of carbonyl (C=O) groups is 2. The Morgan fingerprint density at radius 3 is 2.77 bits per heavy atom. The molecule has 0 aliphatic carbocycles. The minimum absolute atomic E-state index is 0.000387. The molecule has 0 unspecified atom stereocenters. The number of nitrogens with two attached hydrogens (primary N) is 1. The standard InChI is InChI=1S/C24H25N9O8S2/c25-31-27-6-7-40-17-3-1-2-15(8-17)12-39-14-20(23(35)36)28-22(34)11-33-10-16(30-32-33)13-41-18-4-5-19-21(9-18)42-24(29-19)43(26,37)38/h1-5,8-10,20H,6-7,11-14H2,(H,28,34)(H,35,36)(H2,26,37,38)/t20-/m1/s1. The number of amides is 1. The number of nitrogens with one attached hydrogen (secondary N) is 1. The van der Waals surface area contributed by atoms with Gasteiger partial charge in [-0.1, -0.05) is 22.5 Å². The SMILES string of the molecule is [N-]=[N+]=NCCOc1cccc(COC[C@@H](NC(=O)Cn2cc(COc3ccc4nc(S(N)(=O)=O)sc4c3)nn2)C(=O)O)c1. The van der Waals surface area contributed by atoms with Gasteiger partial charge in [-0.3, -0.25) is 4.79 Å². The molecule has 1 amide bonds. The van der Waals surface area contributed by atoms with E-state index in [-0.39, 0.29) is 43.9 Å². The maximum Gasteiger partial charge on any atom is 0.328 e. The van der Waals surface area contributed by atoms with Crippen molar-refractivity contribution in [1.82, 2.24) is 25.3 Å². The van der Waals surface area contributed by atoms with Gasteiger partial charge in [-0.2, -0.15) is 0 Å². The number of thiazole rings is 1. The zero-order valence-corrected chi connectivity index (χ0v) is 23.9. The Kier molecular flexibility index (Phi) is 10.4. The van der Waals surface area contributed by atoms with Gasteiger partial charge in [0.15, 0.2) is 6.04 Å². The van der Waals surface area contributed by atoms with Crippen molar-refractivity contribution in [2.24, 2.45) is 10.3 Å². The molecule has 2 aromatic carbocycles. The molecule has 2 heterocycles. The van der Waals surface area contributed by atoms with Gasteiger partial charge in [-0.25, -0.2) is 28.0 Å². The summed E-state index contributed by atoms with van der Waals surface area (Å²) in [4.78, 5) is 30.8. The summed E-state index contributed by atoms with van der Waals surface area (Å²) in [6, 6.07) is 10.5. The molecule has 0 aliphatic heterocycles. The number of benzene rings is 2. The molecule has 226 valence electrons. The zero-order valence-electron chi connectivity index (χ0n) is 22.3. The molecule has 4 N–H and O–H groups in total. The molecule has 0 bridgehead atoms. The van der Waals surface area contributed by atoms with E-state index < -0.39 is 27.9 Å². The topological polar surface area (TPSA) is 247 Å². The summed E-state index contributed by atoms with van der Waals surface area (Å²) in [5.41, 5.74) is 9.88. The second-order valence-corrected chi connectivity index (χ2v) is 11.5. The number of aromatic nitrogens is 4. The number of ether oxygens (including phenoxy) is 3. The van der Waals surface area contributed by atoms with Crippen LogP contribution in [0.5, 0.6) is 11.5 Å². The van der Waals surface area contributed by atoms with E-state index >= 15 is 0 Å². The third kappa shape index (κ3) is 9.35. The highest BCUT2D eigenvalue weighted by Crippen LogP contribution is 2.28. The van der Waals surface area contributed by atoms with Gasteiger partial charge in [-0.15, -0.1) is 16.4 Å². The fourth-order valence-electron chi connectivity index (χ4n) is 3.57. The first-order chi connectivity index (χ1) is 20.6. The Morgan fingerprint density at radius 2 is 2.00 bits per heavy atom. The lowest BCUT2D eigenvalue weighted by molar-refractivity contribution is -0.144. The molecule has 17 nitrogen and oxygen atoms in total. The van der Waals surface area contributed by atoms with Crippen LogP contribution >= 0.6 is 11.3 Å². The van der Waals surface area contributed by atoms with Crippen LogP contribution in [0.2, 0.25) is 0 Å². The highest BCUT2D eigenvalue weighted by Gasteiger charge is 2.21. The predicted molar refractivity (Wildman–Crippen MR) is 151 cm³/mol. The van der Waals surface area contributed by atoms with E-state index in [1.807, 2.05) is 0 Å². The van der Waals surface area contributed by atoms with Gasteiger partial charge in [-0.05, 0) is 41.4 Å². The number of rotatable bonds is 16. The number of sulfonamides is 1. The molecule has 43 heavy (non-hydrogen) atoms. The first kappa shape index (κ1) is 31.1. The molecular formula is C24H25N9O8S2. The Morgan fingerprint density at radius 1 is 1.19 bits per heavy atom. The van der Waals surface area contributed by atoms with E-state index in [1.54, 1.807) is 42.5 Å². The molecule has 0 fully saturated rings. The molecule has 0 saturated carbocycles. The van der Waals surface area contributed by atoms with Crippen molar-refractivity contribution < 1.29 is 37.3 Å². The maximum atomic E-state index is 12.5.